The highest BCUT2D eigenvalue weighted by Gasteiger charge is 2.23. The summed E-state index contributed by atoms with van der Waals surface area (Å²) in [6.07, 6.45) is 0. The van der Waals surface area contributed by atoms with Crippen molar-refractivity contribution in [3.05, 3.63) is 114 Å². The van der Waals surface area contributed by atoms with E-state index in [-0.39, 0.29) is 11.0 Å². The molecular formula is C25H20N2OS. The van der Waals surface area contributed by atoms with Crippen LogP contribution in [0.4, 0.5) is 5.69 Å². The van der Waals surface area contributed by atoms with Crippen LogP contribution < -0.4 is 10.6 Å². The molecule has 0 saturated heterocycles. The fourth-order valence-electron chi connectivity index (χ4n) is 3.46. The zero-order chi connectivity index (χ0) is 20.1. The summed E-state index contributed by atoms with van der Waals surface area (Å²) in [7, 11) is 0. The molecular weight excluding hydrogens is 376 g/mol. The van der Waals surface area contributed by atoms with Crippen LogP contribution in [-0.4, -0.2) is 11.0 Å². The van der Waals surface area contributed by atoms with Gasteiger partial charge in [0.15, 0.2) is 5.11 Å². The Morgan fingerprint density at radius 2 is 1.24 bits per heavy atom. The van der Waals surface area contributed by atoms with E-state index in [0.29, 0.717) is 0 Å². The van der Waals surface area contributed by atoms with Gasteiger partial charge in [0.2, 0.25) is 5.91 Å². The smallest absolute Gasteiger partial charge is 0.238 e. The number of anilines is 1. The number of nitrogens with one attached hydrogen (secondary N) is 2. The molecule has 0 atom stereocenters. The van der Waals surface area contributed by atoms with Crippen molar-refractivity contribution < 1.29 is 4.79 Å². The van der Waals surface area contributed by atoms with Crippen molar-refractivity contribution >= 4 is 39.7 Å². The Morgan fingerprint density at radius 1 is 0.690 bits per heavy atom. The topological polar surface area (TPSA) is 41.1 Å². The van der Waals surface area contributed by atoms with Crippen molar-refractivity contribution in [3.63, 3.8) is 0 Å². The Morgan fingerprint density at radius 3 is 1.90 bits per heavy atom. The lowest BCUT2D eigenvalue weighted by molar-refractivity contribution is -0.120. The molecule has 0 saturated carbocycles. The third kappa shape index (κ3) is 4.33. The van der Waals surface area contributed by atoms with Crippen molar-refractivity contribution in [1.82, 2.24) is 5.32 Å². The van der Waals surface area contributed by atoms with E-state index in [2.05, 4.69) is 10.6 Å². The molecule has 4 aromatic carbocycles. The molecule has 0 unspecified atom stereocenters. The third-order valence-corrected chi connectivity index (χ3v) is 5.01. The first-order valence-corrected chi connectivity index (χ1v) is 9.83. The summed E-state index contributed by atoms with van der Waals surface area (Å²) < 4.78 is 0. The number of carbonyl (C=O) groups is 1. The van der Waals surface area contributed by atoms with Gasteiger partial charge >= 0.3 is 0 Å². The summed E-state index contributed by atoms with van der Waals surface area (Å²) in [5.41, 5.74) is 2.71. The Labute approximate surface area is 175 Å². The van der Waals surface area contributed by atoms with Crippen LogP contribution in [0.5, 0.6) is 0 Å². The van der Waals surface area contributed by atoms with Gasteiger partial charge in [0.05, 0.1) is 5.92 Å². The molecule has 4 heteroatoms. The molecule has 4 rings (SSSR count). The Bertz CT molecular complexity index is 1100. The number of hydrogen-bond donors (Lipinski definition) is 2. The molecule has 0 fully saturated rings. The highest BCUT2D eigenvalue weighted by molar-refractivity contribution is 7.80. The highest BCUT2D eigenvalue weighted by atomic mass is 32.1. The monoisotopic (exact) mass is 396 g/mol. The van der Waals surface area contributed by atoms with Gasteiger partial charge in [0.25, 0.3) is 0 Å². The third-order valence-electron chi connectivity index (χ3n) is 4.80. The zero-order valence-electron chi connectivity index (χ0n) is 15.7. The van der Waals surface area contributed by atoms with Crippen LogP contribution in [-0.2, 0) is 4.79 Å². The van der Waals surface area contributed by atoms with E-state index >= 15 is 0 Å². The first kappa shape index (κ1) is 18.8. The molecule has 0 radical (unpaired) electrons. The normalized spacial score (nSPS) is 10.7. The van der Waals surface area contributed by atoms with E-state index in [0.717, 1.165) is 27.6 Å². The second-order valence-corrected chi connectivity index (χ2v) is 7.13. The maximum Gasteiger partial charge on any atom is 0.238 e. The molecule has 142 valence electrons. The second kappa shape index (κ2) is 8.67. The van der Waals surface area contributed by atoms with Crippen LogP contribution in [0.25, 0.3) is 10.8 Å². The first-order chi connectivity index (χ1) is 14.2. The largest absolute Gasteiger partial charge is 0.332 e. The van der Waals surface area contributed by atoms with E-state index in [9.17, 15) is 4.79 Å². The average Bonchev–Trinajstić information content (AvgIpc) is 2.76. The molecule has 0 bridgehead atoms. The summed E-state index contributed by atoms with van der Waals surface area (Å²) in [4.78, 5) is 13.2. The lowest BCUT2D eigenvalue weighted by Crippen LogP contribution is -2.37. The number of benzene rings is 4. The van der Waals surface area contributed by atoms with Crippen LogP contribution in [0.1, 0.15) is 17.0 Å². The van der Waals surface area contributed by atoms with Crippen molar-refractivity contribution in [2.45, 2.75) is 5.92 Å². The number of carbonyl (C=O) groups excluding carboxylic acids is 1. The molecule has 0 heterocycles. The minimum Gasteiger partial charge on any atom is -0.332 e. The minimum absolute atomic E-state index is 0.167. The maximum absolute atomic E-state index is 13.2. The number of amides is 1. The molecule has 2 N–H and O–H groups in total. The van der Waals surface area contributed by atoms with Crippen LogP contribution in [0.3, 0.4) is 0 Å². The summed E-state index contributed by atoms with van der Waals surface area (Å²) in [5.74, 6) is -0.607. The fourth-order valence-corrected chi connectivity index (χ4v) is 3.67. The van der Waals surface area contributed by atoms with Gasteiger partial charge in [-0.15, -0.1) is 0 Å². The molecule has 0 aliphatic rings. The van der Waals surface area contributed by atoms with E-state index in [4.69, 9.17) is 12.2 Å². The Balaban J connectivity index is 1.57. The maximum atomic E-state index is 13.2. The van der Waals surface area contributed by atoms with Crippen LogP contribution in [0.15, 0.2) is 103 Å². The van der Waals surface area contributed by atoms with Crippen molar-refractivity contribution in [2.24, 2.45) is 0 Å². The van der Waals surface area contributed by atoms with E-state index in [1.165, 1.54) is 0 Å². The first-order valence-electron chi connectivity index (χ1n) is 9.42. The summed E-state index contributed by atoms with van der Waals surface area (Å²) >= 11 is 5.45. The number of fused-ring (bicyclic) bond motifs is 1. The van der Waals surface area contributed by atoms with Crippen LogP contribution >= 0.6 is 12.2 Å². The number of hydrogen-bond acceptors (Lipinski definition) is 2. The number of rotatable bonds is 4. The van der Waals surface area contributed by atoms with E-state index < -0.39 is 5.92 Å². The van der Waals surface area contributed by atoms with Gasteiger partial charge < -0.3 is 10.6 Å². The quantitative estimate of drug-likeness (QED) is 0.449. The zero-order valence-corrected chi connectivity index (χ0v) is 16.5. The van der Waals surface area contributed by atoms with Gasteiger partial charge in [0, 0.05) is 11.1 Å². The van der Waals surface area contributed by atoms with E-state index in [1.807, 2.05) is 103 Å². The van der Waals surface area contributed by atoms with Crippen molar-refractivity contribution in [1.29, 1.82) is 0 Å². The molecule has 1 amide bonds. The standard InChI is InChI=1S/C25H20N2OS/c28-24(23(19-11-3-1-4-12-19)20-13-5-2-6-14-20)27-25(29)26-22-17-9-15-18-10-7-8-16-21(18)22/h1-17,23H,(H2,26,27,28,29). The van der Waals surface area contributed by atoms with Gasteiger partial charge in [-0.25, -0.2) is 0 Å². The molecule has 29 heavy (non-hydrogen) atoms. The molecule has 3 nitrogen and oxygen atoms in total. The highest BCUT2D eigenvalue weighted by Crippen LogP contribution is 2.25. The molecule has 0 aliphatic carbocycles. The molecule has 0 spiro atoms. The average molecular weight is 397 g/mol. The predicted octanol–water partition coefficient (Wildman–Crippen LogP) is 5.48. The van der Waals surface area contributed by atoms with Crippen LogP contribution in [0, 0.1) is 0 Å². The summed E-state index contributed by atoms with van der Waals surface area (Å²) in [6, 6.07) is 33.5. The van der Waals surface area contributed by atoms with Gasteiger partial charge in [-0.2, -0.15) is 0 Å². The van der Waals surface area contributed by atoms with Crippen molar-refractivity contribution in [3.8, 4) is 0 Å². The van der Waals surface area contributed by atoms with Gasteiger partial charge in [-0.1, -0.05) is 97.1 Å². The van der Waals surface area contributed by atoms with Crippen LogP contribution in [0.2, 0.25) is 0 Å². The number of thiocarbonyl (C=S) groups is 1. The molecule has 4 aromatic rings. The lowest BCUT2D eigenvalue weighted by Gasteiger charge is -2.19. The molecule has 0 aliphatic heterocycles. The molecule has 0 aromatic heterocycles. The minimum atomic E-state index is -0.440. The predicted molar refractivity (Wildman–Crippen MR) is 123 cm³/mol. The summed E-state index contributed by atoms with van der Waals surface area (Å²) in [5, 5.41) is 8.49. The summed E-state index contributed by atoms with van der Waals surface area (Å²) in [6.45, 7) is 0. The van der Waals surface area contributed by atoms with Gasteiger partial charge in [-0.05, 0) is 34.8 Å². The SMILES string of the molecule is O=C(NC(=S)Nc1cccc2ccccc12)C(c1ccccc1)c1ccccc1. The Hall–Kier alpha value is -3.50. The Kier molecular flexibility index (Phi) is 5.63. The van der Waals surface area contributed by atoms with Gasteiger partial charge in [0.1, 0.15) is 0 Å². The fraction of sp³-hybridized carbons (Fsp3) is 0.0400. The van der Waals surface area contributed by atoms with Gasteiger partial charge in [-0.3, -0.25) is 4.79 Å². The second-order valence-electron chi connectivity index (χ2n) is 6.72. The van der Waals surface area contributed by atoms with Crippen molar-refractivity contribution in [2.75, 3.05) is 5.32 Å². The lowest BCUT2D eigenvalue weighted by atomic mass is 9.90. The van der Waals surface area contributed by atoms with E-state index in [1.54, 1.807) is 0 Å².